The smallest absolute Gasteiger partial charge is 0.255 e. The van der Waals surface area contributed by atoms with E-state index in [9.17, 15) is 9.59 Å². The van der Waals surface area contributed by atoms with Crippen molar-refractivity contribution in [2.45, 2.75) is 19.9 Å². The molecular weight excluding hydrogens is 318 g/mol. The van der Waals surface area contributed by atoms with E-state index >= 15 is 0 Å². The van der Waals surface area contributed by atoms with Crippen molar-refractivity contribution in [1.82, 2.24) is 5.32 Å². The summed E-state index contributed by atoms with van der Waals surface area (Å²) >= 11 is 0. The van der Waals surface area contributed by atoms with Crippen molar-refractivity contribution in [3.63, 3.8) is 0 Å². The van der Waals surface area contributed by atoms with Gasteiger partial charge in [0.1, 0.15) is 5.76 Å². The maximum Gasteiger partial charge on any atom is 0.255 e. The Hall–Kier alpha value is -2.92. The van der Waals surface area contributed by atoms with E-state index in [1.165, 1.54) is 0 Å². The van der Waals surface area contributed by atoms with Gasteiger partial charge in [-0.3, -0.25) is 9.59 Å². The van der Waals surface area contributed by atoms with Gasteiger partial charge in [-0.1, -0.05) is 36.4 Å². The molecule has 0 radical (unpaired) electrons. The molecule has 0 aliphatic carbocycles. The lowest BCUT2D eigenvalue weighted by molar-refractivity contribution is 0.0923. The second-order valence-corrected chi connectivity index (χ2v) is 5.99. The monoisotopic (exact) mass is 337 g/mol. The number of benzene rings is 2. The van der Waals surface area contributed by atoms with E-state index in [4.69, 9.17) is 9.52 Å². The number of rotatable bonds is 4. The molecule has 1 unspecified atom stereocenters. The Bertz CT molecular complexity index is 976. The summed E-state index contributed by atoms with van der Waals surface area (Å²) in [5, 5.41) is 12.2. The van der Waals surface area contributed by atoms with Gasteiger partial charge in [-0.25, -0.2) is 0 Å². The standard InChI is InChI=1S/C20H19NO4/c1-12(11-22)21-20(24)16-10-6-9-15-17(23)13(2)18(25-19(15)16)14-7-4-3-5-8-14/h3-10,12,22H,11H2,1-2H3,(H,21,24). The normalized spacial score (nSPS) is 12.1. The Balaban J connectivity index is 2.23. The molecule has 0 aliphatic heterocycles. The third kappa shape index (κ3) is 3.19. The SMILES string of the molecule is Cc1c(-c2ccccc2)oc2c(C(=O)NC(C)CO)cccc2c1=O. The summed E-state index contributed by atoms with van der Waals surface area (Å²) in [6, 6.07) is 13.8. The van der Waals surface area contributed by atoms with Crippen LogP contribution in [0.25, 0.3) is 22.3 Å². The van der Waals surface area contributed by atoms with E-state index in [2.05, 4.69) is 5.32 Å². The first-order valence-corrected chi connectivity index (χ1v) is 8.06. The third-order valence-corrected chi connectivity index (χ3v) is 4.08. The summed E-state index contributed by atoms with van der Waals surface area (Å²) in [4.78, 5) is 25.2. The summed E-state index contributed by atoms with van der Waals surface area (Å²) in [6.45, 7) is 3.24. The van der Waals surface area contributed by atoms with Crippen molar-refractivity contribution in [3.8, 4) is 11.3 Å². The van der Waals surface area contributed by atoms with Gasteiger partial charge in [0.25, 0.3) is 5.91 Å². The highest BCUT2D eigenvalue weighted by molar-refractivity contribution is 6.05. The van der Waals surface area contributed by atoms with E-state index in [-0.39, 0.29) is 23.2 Å². The Kier molecular flexibility index (Phi) is 4.67. The second-order valence-electron chi connectivity index (χ2n) is 5.99. The topological polar surface area (TPSA) is 79.5 Å². The van der Waals surface area contributed by atoms with E-state index in [1.54, 1.807) is 32.0 Å². The molecule has 3 aromatic rings. The van der Waals surface area contributed by atoms with Gasteiger partial charge in [0.05, 0.1) is 17.6 Å². The van der Waals surface area contributed by atoms with Crippen LogP contribution in [0.2, 0.25) is 0 Å². The molecule has 2 aromatic carbocycles. The lowest BCUT2D eigenvalue weighted by Crippen LogP contribution is -2.35. The minimum Gasteiger partial charge on any atom is -0.455 e. The van der Waals surface area contributed by atoms with Crippen LogP contribution >= 0.6 is 0 Å². The molecule has 5 heteroatoms. The fourth-order valence-corrected chi connectivity index (χ4v) is 2.70. The average molecular weight is 337 g/mol. The molecule has 0 saturated heterocycles. The number of hydrogen-bond donors (Lipinski definition) is 2. The van der Waals surface area contributed by atoms with E-state index in [0.717, 1.165) is 5.56 Å². The number of amides is 1. The van der Waals surface area contributed by atoms with E-state index in [0.29, 0.717) is 16.7 Å². The lowest BCUT2D eigenvalue weighted by Gasteiger charge is -2.13. The number of para-hydroxylation sites is 1. The van der Waals surface area contributed by atoms with Crippen LogP contribution in [0.5, 0.6) is 0 Å². The molecule has 0 spiro atoms. The van der Waals surface area contributed by atoms with Crippen LogP contribution in [0.3, 0.4) is 0 Å². The van der Waals surface area contributed by atoms with Crippen LogP contribution < -0.4 is 10.7 Å². The molecule has 0 aliphatic rings. The lowest BCUT2D eigenvalue weighted by atomic mass is 10.0. The van der Waals surface area contributed by atoms with Gasteiger partial charge in [-0.15, -0.1) is 0 Å². The minimum absolute atomic E-state index is 0.162. The highest BCUT2D eigenvalue weighted by Crippen LogP contribution is 2.27. The number of fused-ring (bicyclic) bond motifs is 1. The number of aliphatic hydroxyl groups is 1. The zero-order valence-electron chi connectivity index (χ0n) is 14.1. The molecule has 1 amide bonds. The Morgan fingerprint density at radius 2 is 1.88 bits per heavy atom. The Morgan fingerprint density at radius 3 is 2.56 bits per heavy atom. The number of carbonyl (C=O) groups excluding carboxylic acids is 1. The number of nitrogens with one attached hydrogen (secondary N) is 1. The Morgan fingerprint density at radius 1 is 1.16 bits per heavy atom. The fourth-order valence-electron chi connectivity index (χ4n) is 2.70. The summed E-state index contributed by atoms with van der Waals surface area (Å²) in [5.74, 6) is 0.0618. The van der Waals surface area contributed by atoms with Crippen LogP contribution in [0.1, 0.15) is 22.8 Å². The Labute approximate surface area is 144 Å². The van der Waals surface area contributed by atoms with Crippen LogP contribution in [0.15, 0.2) is 57.7 Å². The summed E-state index contributed by atoms with van der Waals surface area (Å²) in [6.07, 6.45) is 0. The summed E-state index contributed by atoms with van der Waals surface area (Å²) in [5.41, 5.74) is 1.63. The van der Waals surface area contributed by atoms with Crippen molar-refractivity contribution in [2.24, 2.45) is 0 Å². The molecule has 1 heterocycles. The summed E-state index contributed by atoms with van der Waals surface area (Å²) in [7, 11) is 0. The summed E-state index contributed by atoms with van der Waals surface area (Å²) < 4.78 is 6.00. The first-order valence-electron chi connectivity index (χ1n) is 8.06. The molecule has 0 saturated carbocycles. The van der Waals surface area contributed by atoms with Gasteiger partial charge >= 0.3 is 0 Å². The molecule has 2 N–H and O–H groups in total. The molecule has 3 rings (SSSR count). The second kappa shape index (κ2) is 6.91. The maximum absolute atomic E-state index is 12.7. The van der Waals surface area contributed by atoms with Gasteiger partial charge in [0.15, 0.2) is 11.0 Å². The van der Waals surface area contributed by atoms with Gasteiger partial charge in [0, 0.05) is 17.2 Å². The zero-order valence-corrected chi connectivity index (χ0v) is 14.1. The van der Waals surface area contributed by atoms with Gasteiger partial charge in [-0.05, 0) is 26.0 Å². The molecular formula is C20H19NO4. The van der Waals surface area contributed by atoms with Crippen molar-refractivity contribution in [1.29, 1.82) is 0 Å². The first-order chi connectivity index (χ1) is 12.0. The average Bonchev–Trinajstić information content (AvgIpc) is 2.64. The van der Waals surface area contributed by atoms with E-state index < -0.39 is 11.9 Å². The van der Waals surface area contributed by atoms with Crippen molar-refractivity contribution >= 4 is 16.9 Å². The van der Waals surface area contributed by atoms with Gasteiger partial charge in [-0.2, -0.15) is 0 Å². The first kappa shape index (κ1) is 16.9. The fraction of sp³-hybridized carbons (Fsp3) is 0.200. The van der Waals surface area contributed by atoms with Crippen LogP contribution in [-0.2, 0) is 0 Å². The largest absolute Gasteiger partial charge is 0.455 e. The molecule has 0 fully saturated rings. The number of aliphatic hydroxyl groups excluding tert-OH is 1. The molecule has 1 atom stereocenters. The minimum atomic E-state index is -0.395. The highest BCUT2D eigenvalue weighted by Gasteiger charge is 2.19. The molecule has 25 heavy (non-hydrogen) atoms. The van der Waals surface area contributed by atoms with Crippen LogP contribution in [0, 0.1) is 6.92 Å². The van der Waals surface area contributed by atoms with Crippen LogP contribution in [0.4, 0.5) is 0 Å². The third-order valence-electron chi connectivity index (χ3n) is 4.08. The predicted molar refractivity (Wildman–Crippen MR) is 96.7 cm³/mol. The predicted octanol–water partition coefficient (Wildman–Crippen LogP) is 2.88. The highest BCUT2D eigenvalue weighted by atomic mass is 16.3. The van der Waals surface area contributed by atoms with Gasteiger partial charge < -0.3 is 14.8 Å². The maximum atomic E-state index is 12.7. The quantitative estimate of drug-likeness (QED) is 0.767. The molecule has 5 nitrogen and oxygen atoms in total. The van der Waals surface area contributed by atoms with E-state index in [1.807, 2.05) is 30.3 Å². The molecule has 128 valence electrons. The number of hydrogen-bond acceptors (Lipinski definition) is 4. The van der Waals surface area contributed by atoms with Crippen molar-refractivity contribution in [3.05, 3.63) is 69.9 Å². The van der Waals surface area contributed by atoms with Crippen LogP contribution in [-0.4, -0.2) is 23.7 Å². The number of carbonyl (C=O) groups is 1. The van der Waals surface area contributed by atoms with Crippen molar-refractivity contribution < 1.29 is 14.3 Å². The molecule has 0 bridgehead atoms. The zero-order chi connectivity index (χ0) is 18.0. The van der Waals surface area contributed by atoms with Gasteiger partial charge in [0.2, 0.25) is 0 Å². The molecule has 1 aromatic heterocycles. The van der Waals surface area contributed by atoms with Crippen molar-refractivity contribution in [2.75, 3.05) is 6.61 Å².